The lowest BCUT2D eigenvalue weighted by Crippen LogP contribution is -2.53. The smallest absolute Gasteiger partial charge is 0.249 e. The van der Waals surface area contributed by atoms with Gasteiger partial charge in [0.25, 0.3) is 0 Å². The van der Waals surface area contributed by atoms with E-state index in [9.17, 15) is 25.2 Å². The summed E-state index contributed by atoms with van der Waals surface area (Å²) in [7, 11) is 0. The minimum atomic E-state index is -1.28. The molecule has 0 fully saturated rings. The summed E-state index contributed by atoms with van der Waals surface area (Å²) in [5, 5.41) is 44.1. The van der Waals surface area contributed by atoms with Crippen LogP contribution in [-0.4, -0.2) is 57.3 Å². The SMILES string of the molecule is CCCCCCCCCCCCCCCCCCCCCCCCCC/C=C/CCCC(O)C(O)C(CO)NC(=O)C(O)CCCCCCCCCCCCCCCCCCCCCCCC. The zero-order valence-corrected chi connectivity index (χ0v) is 45.4. The Morgan fingerprint density at radius 2 is 0.612 bits per heavy atom. The normalized spacial score (nSPS) is 13.7. The van der Waals surface area contributed by atoms with Crippen molar-refractivity contribution >= 4 is 5.91 Å². The molecule has 6 nitrogen and oxygen atoms in total. The molecule has 0 rings (SSSR count). The Bertz CT molecular complexity index is 975. The van der Waals surface area contributed by atoms with Crippen molar-refractivity contribution < 1.29 is 25.2 Å². The molecule has 0 heterocycles. The van der Waals surface area contributed by atoms with Gasteiger partial charge in [-0.05, 0) is 38.5 Å². The standard InChI is InChI=1S/C61H121NO5/c1-3-5-7-9-11-13-15-17-19-21-23-25-27-28-29-30-31-32-33-35-36-38-40-42-44-46-48-50-52-54-58(64)60(66)57(56-63)62-61(67)59(65)55-53-51-49-47-45-43-41-39-37-34-26-24-22-20-18-16-14-12-10-8-6-4-2/h46,48,57-60,63-66H,3-45,47,49-56H2,1-2H3,(H,62,67)/b48-46+. The topological polar surface area (TPSA) is 110 Å². The fourth-order valence-electron chi connectivity index (χ4n) is 9.94. The van der Waals surface area contributed by atoms with E-state index in [0.29, 0.717) is 12.8 Å². The highest BCUT2D eigenvalue weighted by Gasteiger charge is 2.28. The molecular weight excluding hydrogens is 827 g/mol. The first-order valence-electron chi connectivity index (χ1n) is 30.6. The van der Waals surface area contributed by atoms with Crippen LogP contribution >= 0.6 is 0 Å². The van der Waals surface area contributed by atoms with Crippen LogP contribution in [0.5, 0.6) is 0 Å². The molecule has 4 unspecified atom stereocenters. The quantitative estimate of drug-likeness (QED) is 0.0308. The summed E-state index contributed by atoms with van der Waals surface area (Å²) in [6.07, 6.45) is 67.3. The average molecular weight is 949 g/mol. The van der Waals surface area contributed by atoms with Crippen molar-refractivity contribution in [3.63, 3.8) is 0 Å². The molecule has 6 heteroatoms. The summed E-state index contributed by atoms with van der Waals surface area (Å²) in [4.78, 5) is 12.6. The number of rotatable bonds is 57. The van der Waals surface area contributed by atoms with Crippen LogP contribution in [0.15, 0.2) is 12.2 Å². The van der Waals surface area contributed by atoms with Gasteiger partial charge in [-0.2, -0.15) is 0 Å². The van der Waals surface area contributed by atoms with Gasteiger partial charge in [0.15, 0.2) is 0 Å². The van der Waals surface area contributed by atoms with E-state index < -0.39 is 36.9 Å². The maximum absolute atomic E-state index is 12.6. The first kappa shape index (κ1) is 66.0. The van der Waals surface area contributed by atoms with E-state index in [1.807, 2.05) is 0 Å². The number of hydrogen-bond donors (Lipinski definition) is 5. The molecule has 0 radical (unpaired) electrons. The van der Waals surface area contributed by atoms with Crippen LogP contribution in [0.2, 0.25) is 0 Å². The number of hydrogen-bond acceptors (Lipinski definition) is 5. The third-order valence-electron chi connectivity index (χ3n) is 14.7. The highest BCUT2D eigenvalue weighted by Crippen LogP contribution is 2.19. The number of amides is 1. The summed E-state index contributed by atoms with van der Waals surface area (Å²) in [6.45, 7) is 4.09. The fourth-order valence-corrected chi connectivity index (χ4v) is 9.94. The number of aliphatic hydroxyl groups is 4. The van der Waals surface area contributed by atoms with E-state index in [1.165, 1.54) is 276 Å². The predicted octanol–water partition coefficient (Wildman–Crippen LogP) is 18.0. The first-order chi connectivity index (χ1) is 33.0. The van der Waals surface area contributed by atoms with Crippen molar-refractivity contribution in [2.45, 2.75) is 366 Å². The van der Waals surface area contributed by atoms with Gasteiger partial charge in [-0.25, -0.2) is 0 Å². The molecule has 0 aromatic carbocycles. The second-order valence-corrected chi connectivity index (χ2v) is 21.4. The predicted molar refractivity (Wildman–Crippen MR) is 293 cm³/mol. The molecular formula is C61H121NO5. The Hall–Kier alpha value is -0.950. The number of nitrogens with one attached hydrogen (secondary N) is 1. The Kier molecular flexibility index (Phi) is 55.2. The molecule has 0 aromatic rings. The number of aliphatic hydroxyl groups excluding tert-OH is 4. The second kappa shape index (κ2) is 56.0. The molecule has 0 saturated heterocycles. The third-order valence-corrected chi connectivity index (χ3v) is 14.7. The van der Waals surface area contributed by atoms with Crippen LogP contribution in [-0.2, 0) is 4.79 Å². The van der Waals surface area contributed by atoms with Crippen LogP contribution in [0, 0.1) is 0 Å². The molecule has 400 valence electrons. The van der Waals surface area contributed by atoms with Crippen molar-refractivity contribution in [3.05, 3.63) is 12.2 Å². The van der Waals surface area contributed by atoms with Crippen LogP contribution in [0.3, 0.4) is 0 Å². The van der Waals surface area contributed by atoms with Crippen LogP contribution in [0.25, 0.3) is 0 Å². The zero-order valence-electron chi connectivity index (χ0n) is 45.4. The summed E-state index contributed by atoms with van der Waals surface area (Å²) < 4.78 is 0. The molecule has 4 atom stereocenters. The molecule has 0 aliphatic carbocycles. The van der Waals surface area contributed by atoms with E-state index in [-0.39, 0.29) is 0 Å². The highest BCUT2D eigenvalue weighted by atomic mass is 16.3. The summed E-state index contributed by atoms with van der Waals surface area (Å²) in [5.41, 5.74) is 0. The van der Waals surface area contributed by atoms with Gasteiger partial charge in [0, 0.05) is 0 Å². The first-order valence-corrected chi connectivity index (χ1v) is 30.6. The lowest BCUT2D eigenvalue weighted by atomic mass is 10.00. The summed E-state index contributed by atoms with van der Waals surface area (Å²) in [6, 6.07) is -0.999. The van der Waals surface area contributed by atoms with Crippen LogP contribution < -0.4 is 5.32 Å². The maximum Gasteiger partial charge on any atom is 0.249 e. The largest absolute Gasteiger partial charge is 0.394 e. The van der Waals surface area contributed by atoms with Crippen LogP contribution in [0.1, 0.15) is 341 Å². The van der Waals surface area contributed by atoms with Gasteiger partial charge in [0.05, 0.1) is 18.8 Å². The van der Waals surface area contributed by atoms with Crippen molar-refractivity contribution in [1.29, 1.82) is 0 Å². The molecule has 0 saturated carbocycles. The van der Waals surface area contributed by atoms with Gasteiger partial charge in [0.2, 0.25) is 5.91 Å². The van der Waals surface area contributed by atoms with Crippen molar-refractivity contribution in [2.24, 2.45) is 0 Å². The molecule has 1 amide bonds. The summed E-state index contributed by atoms with van der Waals surface area (Å²) in [5.74, 6) is -0.586. The van der Waals surface area contributed by atoms with Crippen molar-refractivity contribution in [3.8, 4) is 0 Å². The number of unbranched alkanes of at least 4 members (excludes halogenated alkanes) is 46. The van der Waals surface area contributed by atoms with E-state index in [2.05, 4.69) is 31.3 Å². The van der Waals surface area contributed by atoms with Crippen molar-refractivity contribution in [2.75, 3.05) is 6.61 Å². The number of carbonyl (C=O) groups excluding carboxylic acids is 1. The molecule has 0 bridgehead atoms. The fraction of sp³-hybridized carbons (Fsp3) is 0.951. The minimum Gasteiger partial charge on any atom is -0.394 e. The Morgan fingerprint density at radius 1 is 0.358 bits per heavy atom. The Balaban J connectivity index is 3.59. The van der Waals surface area contributed by atoms with Crippen LogP contribution in [0.4, 0.5) is 0 Å². The third kappa shape index (κ3) is 49.8. The maximum atomic E-state index is 12.6. The molecule has 0 aliphatic rings. The monoisotopic (exact) mass is 948 g/mol. The lowest BCUT2D eigenvalue weighted by molar-refractivity contribution is -0.132. The molecule has 5 N–H and O–H groups in total. The van der Waals surface area contributed by atoms with Gasteiger partial charge in [0.1, 0.15) is 12.2 Å². The van der Waals surface area contributed by atoms with E-state index >= 15 is 0 Å². The molecule has 0 spiro atoms. The number of carbonyl (C=O) groups is 1. The van der Waals surface area contributed by atoms with Gasteiger partial charge in [-0.1, -0.05) is 315 Å². The summed E-state index contributed by atoms with van der Waals surface area (Å²) >= 11 is 0. The van der Waals surface area contributed by atoms with Crippen molar-refractivity contribution in [1.82, 2.24) is 5.32 Å². The second-order valence-electron chi connectivity index (χ2n) is 21.4. The van der Waals surface area contributed by atoms with Gasteiger partial charge in [-0.15, -0.1) is 0 Å². The average Bonchev–Trinajstić information content (AvgIpc) is 3.33. The Labute approximate surface area is 419 Å². The van der Waals surface area contributed by atoms with Gasteiger partial charge < -0.3 is 25.7 Å². The van der Waals surface area contributed by atoms with Gasteiger partial charge >= 0.3 is 0 Å². The number of allylic oxidation sites excluding steroid dienone is 2. The molecule has 0 aromatic heterocycles. The molecule has 0 aliphatic heterocycles. The lowest BCUT2D eigenvalue weighted by Gasteiger charge is -2.27. The minimum absolute atomic E-state index is 0.369. The zero-order chi connectivity index (χ0) is 48.8. The van der Waals surface area contributed by atoms with E-state index in [4.69, 9.17) is 0 Å². The highest BCUT2D eigenvalue weighted by molar-refractivity contribution is 5.80. The molecule has 67 heavy (non-hydrogen) atoms. The van der Waals surface area contributed by atoms with E-state index in [0.717, 1.165) is 38.5 Å². The Morgan fingerprint density at radius 3 is 0.896 bits per heavy atom. The van der Waals surface area contributed by atoms with Gasteiger partial charge in [-0.3, -0.25) is 4.79 Å². The van der Waals surface area contributed by atoms with E-state index in [1.54, 1.807) is 0 Å².